The van der Waals surface area contributed by atoms with Crippen LogP contribution in [-0.4, -0.2) is 24.0 Å². The van der Waals surface area contributed by atoms with Crippen molar-refractivity contribution in [1.82, 2.24) is 4.90 Å². The zero-order valence-corrected chi connectivity index (χ0v) is 13.8. The lowest BCUT2D eigenvalue weighted by Gasteiger charge is -2.43. The molecule has 1 aromatic heterocycles. The average Bonchev–Trinajstić information content (AvgIpc) is 3.02. The van der Waals surface area contributed by atoms with Crippen molar-refractivity contribution in [2.75, 3.05) is 13.1 Å². The molecule has 1 saturated carbocycles. The van der Waals surface area contributed by atoms with Gasteiger partial charge < -0.3 is 5.73 Å². The van der Waals surface area contributed by atoms with Crippen LogP contribution in [0, 0.1) is 5.41 Å². The van der Waals surface area contributed by atoms with Crippen LogP contribution in [0.3, 0.4) is 0 Å². The molecular formula is C16H25ClN2S. The van der Waals surface area contributed by atoms with Crippen LogP contribution in [0.4, 0.5) is 0 Å². The molecule has 1 spiro atoms. The highest BCUT2D eigenvalue weighted by Gasteiger charge is 2.39. The molecule has 4 heteroatoms. The Morgan fingerprint density at radius 3 is 2.35 bits per heavy atom. The van der Waals surface area contributed by atoms with E-state index in [1.807, 2.05) is 6.07 Å². The van der Waals surface area contributed by atoms with Gasteiger partial charge in [-0.1, -0.05) is 24.4 Å². The van der Waals surface area contributed by atoms with Gasteiger partial charge >= 0.3 is 0 Å². The fourth-order valence-corrected chi connectivity index (χ4v) is 5.47. The summed E-state index contributed by atoms with van der Waals surface area (Å²) < 4.78 is 0.870. The predicted octanol–water partition coefficient (Wildman–Crippen LogP) is 4.45. The van der Waals surface area contributed by atoms with Gasteiger partial charge in [0.1, 0.15) is 0 Å². The number of hydrogen-bond acceptors (Lipinski definition) is 3. The molecule has 2 nitrogen and oxygen atoms in total. The maximum absolute atomic E-state index is 6.28. The summed E-state index contributed by atoms with van der Waals surface area (Å²) in [7, 11) is 0. The summed E-state index contributed by atoms with van der Waals surface area (Å²) in [5.74, 6) is 0. The fraction of sp³-hybridized carbons (Fsp3) is 0.750. The van der Waals surface area contributed by atoms with Gasteiger partial charge in [-0.2, -0.15) is 0 Å². The van der Waals surface area contributed by atoms with E-state index < -0.39 is 0 Å². The van der Waals surface area contributed by atoms with Gasteiger partial charge in [0, 0.05) is 10.9 Å². The van der Waals surface area contributed by atoms with E-state index in [2.05, 4.69) is 17.9 Å². The lowest BCUT2D eigenvalue weighted by molar-refractivity contribution is 0.0690. The average molecular weight is 313 g/mol. The zero-order valence-electron chi connectivity index (χ0n) is 12.3. The van der Waals surface area contributed by atoms with Crippen molar-refractivity contribution in [1.29, 1.82) is 0 Å². The number of hydrogen-bond donors (Lipinski definition) is 1. The number of thiophene rings is 1. The minimum absolute atomic E-state index is 0.155. The van der Waals surface area contributed by atoms with Gasteiger partial charge in [0.15, 0.2) is 0 Å². The first-order valence-corrected chi connectivity index (χ1v) is 9.04. The number of nitrogens with two attached hydrogens (primary N) is 1. The molecule has 0 amide bonds. The monoisotopic (exact) mass is 312 g/mol. The van der Waals surface area contributed by atoms with Gasteiger partial charge in [0.2, 0.25) is 0 Å². The van der Waals surface area contributed by atoms with Gasteiger partial charge in [-0.3, -0.25) is 4.90 Å². The molecule has 112 valence electrons. The molecule has 3 rings (SSSR count). The smallest absolute Gasteiger partial charge is 0.0931 e. The minimum Gasteiger partial charge on any atom is -0.326 e. The van der Waals surface area contributed by atoms with Crippen LogP contribution in [0.1, 0.15) is 56.4 Å². The number of rotatable bonds is 3. The summed E-state index contributed by atoms with van der Waals surface area (Å²) in [5, 5.41) is 0. The Kier molecular flexibility index (Phi) is 4.42. The minimum atomic E-state index is 0.155. The van der Waals surface area contributed by atoms with Gasteiger partial charge in [-0.05, 0) is 63.2 Å². The number of piperidine rings is 1. The third-order valence-corrected chi connectivity index (χ3v) is 6.60. The van der Waals surface area contributed by atoms with Crippen LogP contribution in [0.5, 0.6) is 0 Å². The van der Waals surface area contributed by atoms with Gasteiger partial charge in [-0.15, -0.1) is 11.3 Å². The Morgan fingerprint density at radius 1 is 1.20 bits per heavy atom. The molecule has 2 unspecified atom stereocenters. The first-order valence-electron chi connectivity index (χ1n) is 7.85. The largest absolute Gasteiger partial charge is 0.326 e. The van der Waals surface area contributed by atoms with Crippen LogP contribution in [0.25, 0.3) is 0 Å². The summed E-state index contributed by atoms with van der Waals surface area (Å²) in [4.78, 5) is 3.92. The summed E-state index contributed by atoms with van der Waals surface area (Å²) in [5.41, 5.74) is 6.95. The van der Waals surface area contributed by atoms with Gasteiger partial charge in [0.25, 0.3) is 0 Å². The second kappa shape index (κ2) is 5.96. The van der Waals surface area contributed by atoms with Gasteiger partial charge in [0.05, 0.1) is 10.4 Å². The van der Waals surface area contributed by atoms with Crippen LogP contribution >= 0.6 is 22.9 Å². The molecule has 2 atom stereocenters. The van der Waals surface area contributed by atoms with E-state index in [1.165, 1.54) is 56.5 Å². The Hall–Kier alpha value is -0.0900. The molecule has 2 heterocycles. The van der Waals surface area contributed by atoms with Crippen molar-refractivity contribution in [2.24, 2.45) is 11.1 Å². The Balaban J connectivity index is 1.70. The summed E-state index contributed by atoms with van der Waals surface area (Å²) in [6, 6.07) is 4.65. The third kappa shape index (κ3) is 2.92. The Labute approximate surface area is 131 Å². The van der Waals surface area contributed by atoms with E-state index in [1.54, 1.807) is 11.3 Å². The van der Waals surface area contributed by atoms with Crippen LogP contribution in [0.15, 0.2) is 12.1 Å². The standard InChI is InChI=1S/C16H25ClN2S/c1-12(18)15(13-4-5-14(17)20-13)19-10-8-16(9-11-19)6-2-3-7-16/h4-5,12,15H,2-3,6-11,18H2,1H3. The maximum Gasteiger partial charge on any atom is 0.0931 e. The van der Waals surface area contributed by atoms with Crippen LogP contribution < -0.4 is 5.73 Å². The molecule has 1 saturated heterocycles. The maximum atomic E-state index is 6.28. The van der Waals surface area contributed by atoms with Crippen molar-refractivity contribution in [3.8, 4) is 0 Å². The summed E-state index contributed by atoms with van der Waals surface area (Å²) >= 11 is 7.79. The third-order valence-electron chi connectivity index (χ3n) is 5.30. The Morgan fingerprint density at radius 2 is 1.85 bits per heavy atom. The SMILES string of the molecule is CC(N)C(c1ccc(Cl)s1)N1CCC2(CCCC2)CC1. The first kappa shape index (κ1) is 14.8. The summed E-state index contributed by atoms with van der Waals surface area (Å²) in [6.45, 7) is 4.52. The van der Waals surface area contributed by atoms with E-state index in [-0.39, 0.29) is 6.04 Å². The molecule has 2 fully saturated rings. The molecule has 2 aliphatic rings. The first-order chi connectivity index (χ1) is 9.60. The van der Waals surface area contributed by atoms with E-state index in [0.29, 0.717) is 11.5 Å². The molecule has 2 N–H and O–H groups in total. The van der Waals surface area contributed by atoms with E-state index in [0.717, 1.165) is 4.34 Å². The lowest BCUT2D eigenvalue weighted by Crippen LogP contribution is -2.45. The van der Waals surface area contributed by atoms with E-state index in [9.17, 15) is 0 Å². The second-order valence-corrected chi connectivity index (χ2v) is 8.44. The highest BCUT2D eigenvalue weighted by atomic mass is 35.5. The van der Waals surface area contributed by atoms with Crippen molar-refractivity contribution < 1.29 is 0 Å². The topological polar surface area (TPSA) is 29.3 Å². The van der Waals surface area contributed by atoms with Crippen LogP contribution in [-0.2, 0) is 0 Å². The second-order valence-electron chi connectivity index (χ2n) is 6.69. The number of nitrogens with zero attached hydrogens (tertiary/aromatic N) is 1. The number of likely N-dealkylation sites (tertiary alicyclic amines) is 1. The molecule has 1 aliphatic carbocycles. The molecule has 1 aliphatic heterocycles. The fourth-order valence-electron chi connectivity index (χ4n) is 4.16. The normalized spacial score (nSPS) is 25.9. The predicted molar refractivity (Wildman–Crippen MR) is 87.4 cm³/mol. The van der Waals surface area contributed by atoms with Gasteiger partial charge in [-0.25, -0.2) is 0 Å². The highest BCUT2D eigenvalue weighted by Crippen LogP contribution is 2.47. The van der Waals surface area contributed by atoms with E-state index >= 15 is 0 Å². The zero-order chi connectivity index (χ0) is 14.2. The molecule has 0 bridgehead atoms. The van der Waals surface area contributed by atoms with Crippen molar-refractivity contribution in [2.45, 2.75) is 57.5 Å². The molecule has 0 aromatic carbocycles. The highest BCUT2D eigenvalue weighted by molar-refractivity contribution is 7.16. The molecule has 20 heavy (non-hydrogen) atoms. The lowest BCUT2D eigenvalue weighted by atomic mass is 9.76. The summed E-state index contributed by atoms with van der Waals surface area (Å²) in [6.07, 6.45) is 8.50. The molecule has 1 aromatic rings. The Bertz CT molecular complexity index is 441. The van der Waals surface area contributed by atoms with Crippen LogP contribution in [0.2, 0.25) is 4.34 Å². The van der Waals surface area contributed by atoms with E-state index in [4.69, 9.17) is 17.3 Å². The molecule has 0 radical (unpaired) electrons. The molecular weight excluding hydrogens is 288 g/mol. The van der Waals surface area contributed by atoms with Crippen molar-refractivity contribution in [3.05, 3.63) is 21.3 Å². The van der Waals surface area contributed by atoms with Crippen molar-refractivity contribution >= 4 is 22.9 Å². The number of halogens is 1. The quantitative estimate of drug-likeness (QED) is 0.893. The van der Waals surface area contributed by atoms with Crippen molar-refractivity contribution in [3.63, 3.8) is 0 Å².